The second-order valence-electron chi connectivity index (χ2n) is 6.92. The summed E-state index contributed by atoms with van der Waals surface area (Å²) in [6.07, 6.45) is 4.56. The maximum Gasteiger partial charge on any atom is 0.256 e. The molecule has 6 nitrogen and oxygen atoms in total. The molecule has 148 valence electrons. The first-order valence-corrected chi connectivity index (χ1v) is 10.3. The number of hydroxylamine groups is 1. The number of aromatic amines is 1. The predicted octanol–water partition coefficient (Wildman–Crippen LogP) is 4.07. The van der Waals surface area contributed by atoms with Crippen molar-refractivity contribution in [2.45, 2.75) is 13.3 Å². The number of aromatic nitrogens is 2. The molecule has 1 aliphatic rings. The molecule has 4 aromatic rings. The van der Waals surface area contributed by atoms with Crippen LogP contribution < -0.4 is 15.9 Å². The summed E-state index contributed by atoms with van der Waals surface area (Å²) in [5.74, 6) is -0.368. The third-order valence-electron chi connectivity index (χ3n) is 5.15. The van der Waals surface area contributed by atoms with Crippen molar-refractivity contribution in [2.24, 2.45) is 0 Å². The highest BCUT2D eigenvalue weighted by molar-refractivity contribution is 7.23. The average Bonchev–Trinajstić information content (AvgIpc) is 3.18. The Kier molecular flexibility index (Phi) is 4.44. The average molecular weight is 410 g/mol. The molecular formula is C21H19FN4O2S. The lowest BCUT2D eigenvalue weighted by Gasteiger charge is -2.26. The Balaban J connectivity index is 1.67. The molecule has 2 aromatic carbocycles. The number of anilines is 1. The number of hydrogen-bond donors (Lipinski definition) is 2. The number of nitrogens with zero attached hydrogens (tertiary/aromatic N) is 2. The molecule has 0 bridgehead atoms. The zero-order chi connectivity index (χ0) is 20.0. The maximum atomic E-state index is 14.0. The van der Waals surface area contributed by atoms with Gasteiger partial charge < -0.3 is 9.88 Å². The van der Waals surface area contributed by atoms with Crippen molar-refractivity contribution in [1.29, 1.82) is 0 Å². The molecule has 0 amide bonds. The number of pyridine rings is 1. The molecule has 0 radical (unpaired) electrons. The summed E-state index contributed by atoms with van der Waals surface area (Å²) >= 11 is 1.57. The molecule has 0 spiro atoms. The van der Waals surface area contributed by atoms with E-state index in [1.807, 2.05) is 13.0 Å². The Morgan fingerprint density at radius 2 is 2.21 bits per heavy atom. The third-order valence-corrected chi connectivity index (χ3v) is 6.30. The zero-order valence-electron chi connectivity index (χ0n) is 15.8. The molecule has 3 heterocycles. The number of H-pyrrole nitrogens is 1. The van der Waals surface area contributed by atoms with Gasteiger partial charge in [0.2, 0.25) is 0 Å². The van der Waals surface area contributed by atoms with Gasteiger partial charge in [0.15, 0.2) is 5.13 Å². The van der Waals surface area contributed by atoms with E-state index in [1.54, 1.807) is 23.6 Å². The van der Waals surface area contributed by atoms with Crippen molar-refractivity contribution >= 4 is 48.2 Å². The van der Waals surface area contributed by atoms with Gasteiger partial charge in [0.25, 0.3) is 5.56 Å². The minimum Gasteiger partial charge on any atom is -0.344 e. The van der Waals surface area contributed by atoms with Crippen LogP contribution in [0.25, 0.3) is 31.8 Å². The van der Waals surface area contributed by atoms with Crippen LogP contribution >= 0.6 is 11.3 Å². The predicted molar refractivity (Wildman–Crippen MR) is 115 cm³/mol. The lowest BCUT2D eigenvalue weighted by molar-refractivity contribution is 0.0706. The van der Waals surface area contributed by atoms with Gasteiger partial charge in [0, 0.05) is 47.6 Å². The fraction of sp³-hybridized carbons (Fsp3) is 0.238. The van der Waals surface area contributed by atoms with Crippen molar-refractivity contribution in [1.82, 2.24) is 15.4 Å². The molecule has 5 rings (SSSR count). The van der Waals surface area contributed by atoms with E-state index < -0.39 is 0 Å². The van der Waals surface area contributed by atoms with Gasteiger partial charge in [-0.25, -0.2) is 9.37 Å². The third kappa shape index (κ3) is 3.04. The monoisotopic (exact) mass is 410 g/mol. The van der Waals surface area contributed by atoms with Crippen LogP contribution in [0, 0.1) is 5.82 Å². The van der Waals surface area contributed by atoms with Crippen LogP contribution in [0.2, 0.25) is 0 Å². The van der Waals surface area contributed by atoms with E-state index in [0.717, 1.165) is 51.3 Å². The minimum absolute atomic E-state index is 0.220. The topological polar surface area (TPSA) is 70.2 Å². The van der Waals surface area contributed by atoms with Crippen LogP contribution in [0.5, 0.6) is 0 Å². The summed E-state index contributed by atoms with van der Waals surface area (Å²) in [6, 6.07) is 6.41. The normalized spacial score (nSPS) is 14.7. The highest BCUT2D eigenvalue weighted by atomic mass is 32.1. The highest BCUT2D eigenvalue weighted by Gasteiger charge is 2.20. The van der Waals surface area contributed by atoms with Gasteiger partial charge in [-0.05, 0) is 37.3 Å². The van der Waals surface area contributed by atoms with Gasteiger partial charge in [-0.15, -0.1) is 0 Å². The number of benzene rings is 2. The quantitative estimate of drug-likeness (QED) is 0.392. The Morgan fingerprint density at radius 3 is 3.00 bits per heavy atom. The van der Waals surface area contributed by atoms with E-state index in [9.17, 15) is 9.18 Å². The zero-order valence-corrected chi connectivity index (χ0v) is 16.6. The number of rotatable bonds is 4. The van der Waals surface area contributed by atoms with Crippen molar-refractivity contribution in [3.05, 3.63) is 58.4 Å². The van der Waals surface area contributed by atoms with Crippen LogP contribution in [0.1, 0.15) is 13.3 Å². The van der Waals surface area contributed by atoms with Crippen LogP contribution in [-0.4, -0.2) is 29.7 Å². The summed E-state index contributed by atoms with van der Waals surface area (Å²) in [6.45, 7) is 4.09. The summed E-state index contributed by atoms with van der Waals surface area (Å²) < 4.78 is 14.9. The minimum atomic E-state index is -0.368. The second-order valence-corrected chi connectivity index (χ2v) is 7.90. The Bertz CT molecular complexity index is 1330. The number of fused-ring (bicyclic) bond motifs is 6. The molecule has 2 aromatic heterocycles. The largest absolute Gasteiger partial charge is 0.344 e. The Morgan fingerprint density at radius 1 is 1.31 bits per heavy atom. The molecule has 1 aliphatic heterocycles. The fourth-order valence-electron chi connectivity index (χ4n) is 3.77. The van der Waals surface area contributed by atoms with Gasteiger partial charge in [-0.3, -0.25) is 15.1 Å². The highest BCUT2D eigenvalue weighted by Crippen LogP contribution is 2.39. The van der Waals surface area contributed by atoms with Crippen molar-refractivity contribution in [2.75, 3.05) is 24.6 Å². The van der Waals surface area contributed by atoms with E-state index in [1.165, 1.54) is 12.1 Å². The van der Waals surface area contributed by atoms with Crippen LogP contribution in [0.4, 0.5) is 9.52 Å². The van der Waals surface area contributed by atoms with Crippen molar-refractivity contribution < 1.29 is 9.23 Å². The van der Waals surface area contributed by atoms with Gasteiger partial charge in [-0.1, -0.05) is 11.3 Å². The summed E-state index contributed by atoms with van der Waals surface area (Å²) in [7, 11) is 0. The van der Waals surface area contributed by atoms with E-state index in [-0.39, 0.29) is 11.4 Å². The number of thiazole rings is 1. The fourth-order valence-corrected chi connectivity index (χ4v) is 4.92. The van der Waals surface area contributed by atoms with Crippen molar-refractivity contribution in [3.63, 3.8) is 0 Å². The molecule has 2 N–H and O–H groups in total. The summed E-state index contributed by atoms with van der Waals surface area (Å²) in [4.78, 5) is 27.6. The van der Waals surface area contributed by atoms with Crippen molar-refractivity contribution in [3.8, 4) is 0 Å². The molecular weight excluding hydrogens is 391 g/mol. The first-order valence-electron chi connectivity index (χ1n) is 9.50. The number of hydrogen-bond acceptors (Lipinski definition) is 6. The molecule has 0 atom stereocenters. The van der Waals surface area contributed by atoms with Gasteiger partial charge >= 0.3 is 0 Å². The molecule has 0 aliphatic carbocycles. The summed E-state index contributed by atoms with van der Waals surface area (Å²) in [5, 5.41) is 3.58. The van der Waals surface area contributed by atoms with E-state index in [0.29, 0.717) is 17.4 Å². The van der Waals surface area contributed by atoms with E-state index in [4.69, 9.17) is 9.82 Å². The SMILES string of the molecule is CCONC1=CCN(c2nc3c4ccc(F)cc4c4c(=O)[nH]ccc4c3s2)CC1. The Hall–Kier alpha value is -2.97. The first-order chi connectivity index (χ1) is 14.2. The Labute approximate surface area is 169 Å². The molecule has 8 heteroatoms. The van der Waals surface area contributed by atoms with Crippen LogP contribution in [-0.2, 0) is 4.84 Å². The lowest BCUT2D eigenvalue weighted by atomic mass is 10.0. The molecule has 29 heavy (non-hydrogen) atoms. The lowest BCUT2D eigenvalue weighted by Crippen LogP contribution is -2.31. The van der Waals surface area contributed by atoms with E-state index in [2.05, 4.69) is 21.4 Å². The molecule has 0 saturated heterocycles. The molecule has 0 fully saturated rings. The van der Waals surface area contributed by atoms with Gasteiger partial charge in [0.1, 0.15) is 5.82 Å². The van der Waals surface area contributed by atoms with Gasteiger partial charge in [0.05, 0.1) is 22.2 Å². The molecule has 0 unspecified atom stereocenters. The number of halogens is 1. The maximum absolute atomic E-state index is 14.0. The molecule has 0 saturated carbocycles. The number of nitrogens with one attached hydrogen (secondary N) is 2. The standard InChI is InChI=1S/C21H19FN4O2S/c1-2-28-25-13-6-9-26(10-7-13)21-24-18-14-4-3-12(22)11-16(14)17-15(19(18)29-21)5-8-23-20(17)27/h3-6,8,11,25H,2,7,9-10H2,1H3,(H,23,27). The van der Waals surface area contributed by atoms with Gasteiger partial charge in [-0.2, -0.15) is 0 Å². The second kappa shape index (κ2) is 7.13. The van der Waals surface area contributed by atoms with E-state index >= 15 is 0 Å². The van der Waals surface area contributed by atoms with Crippen LogP contribution in [0.15, 0.2) is 47.0 Å². The summed E-state index contributed by atoms with van der Waals surface area (Å²) in [5.41, 5.74) is 4.63. The first kappa shape index (κ1) is 18.1. The smallest absolute Gasteiger partial charge is 0.256 e. The van der Waals surface area contributed by atoms with Crippen LogP contribution in [0.3, 0.4) is 0 Å².